The van der Waals surface area contributed by atoms with Crippen molar-refractivity contribution in [1.82, 2.24) is 20.1 Å². The standard InChI is InChI=1S/C15H20N4OS/c1-3-12(4-2)17-14(20)10-21-15-18-16-11-19(15)13-8-6-5-7-9-13/h5-9,11-12H,3-4,10H2,1-2H3,(H,17,20). The molecule has 1 N–H and O–H groups in total. The van der Waals surface area contributed by atoms with Gasteiger partial charge in [-0.15, -0.1) is 10.2 Å². The number of carbonyl (C=O) groups is 1. The van der Waals surface area contributed by atoms with Gasteiger partial charge in [0, 0.05) is 11.7 Å². The molecule has 0 saturated carbocycles. The monoisotopic (exact) mass is 304 g/mol. The Balaban J connectivity index is 1.96. The van der Waals surface area contributed by atoms with Crippen molar-refractivity contribution in [3.63, 3.8) is 0 Å². The molecule has 2 rings (SSSR count). The van der Waals surface area contributed by atoms with Gasteiger partial charge in [0.15, 0.2) is 5.16 Å². The summed E-state index contributed by atoms with van der Waals surface area (Å²) in [5.41, 5.74) is 0.991. The van der Waals surface area contributed by atoms with Crippen molar-refractivity contribution < 1.29 is 4.79 Å². The van der Waals surface area contributed by atoms with Gasteiger partial charge in [-0.25, -0.2) is 0 Å². The number of para-hydroxylation sites is 1. The summed E-state index contributed by atoms with van der Waals surface area (Å²) in [5, 5.41) is 11.8. The summed E-state index contributed by atoms with van der Waals surface area (Å²) < 4.78 is 1.88. The van der Waals surface area contributed by atoms with E-state index in [0.717, 1.165) is 23.7 Å². The van der Waals surface area contributed by atoms with Gasteiger partial charge in [0.25, 0.3) is 0 Å². The molecule has 2 aromatic rings. The second-order valence-corrected chi connectivity index (χ2v) is 5.63. The maximum absolute atomic E-state index is 11.9. The Labute approximate surface area is 129 Å². The number of nitrogens with one attached hydrogen (secondary N) is 1. The Hall–Kier alpha value is -1.82. The van der Waals surface area contributed by atoms with Crippen LogP contribution < -0.4 is 5.32 Å². The Morgan fingerprint density at radius 2 is 2.00 bits per heavy atom. The number of carbonyl (C=O) groups excluding carboxylic acids is 1. The lowest BCUT2D eigenvalue weighted by Gasteiger charge is -2.14. The van der Waals surface area contributed by atoms with E-state index in [1.165, 1.54) is 11.8 Å². The molecule has 0 bridgehead atoms. The van der Waals surface area contributed by atoms with Gasteiger partial charge in [-0.2, -0.15) is 0 Å². The predicted molar refractivity (Wildman–Crippen MR) is 84.6 cm³/mol. The van der Waals surface area contributed by atoms with Gasteiger partial charge < -0.3 is 5.32 Å². The number of benzene rings is 1. The van der Waals surface area contributed by atoms with E-state index in [-0.39, 0.29) is 11.9 Å². The molecule has 0 fully saturated rings. The minimum absolute atomic E-state index is 0.0383. The molecule has 5 nitrogen and oxygen atoms in total. The van der Waals surface area contributed by atoms with Gasteiger partial charge in [-0.1, -0.05) is 43.8 Å². The fraction of sp³-hybridized carbons (Fsp3) is 0.400. The maximum atomic E-state index is 11.9. The Kier molecular flexibility index (Phi) is 5.80. The smallest absolute Gasteiger partial charge is 0.230 e. The minimum atomic E-state index is 0.0383. The first-order valence-electron chi connectivity index (χ1n) is 7.12. The Bertz CT molecular complexity index is 566. The zero-order valence-electron chi connectivity index (χ0n) is 12.3. The lowest BCUT2D eigenvalue weighted by molar-refractivity contribution is -0.119. The van der Waals surface area contributed by atoms with Gasteiger partial charge in [-0.3, -0.25) is 9.36 Å². The summed E-state index contributed by atoms with van der Waals surface area (Å²) in [7, 11) is 0. The van der Waals surface area contributed by atoms with Crippen molar-refractivity contribution in [3.05, 3.63) is 36.7 Å². The van der Waals surface area contributed by atoms with E-state index in [4.69, 9.17) is 0 Å². The molecule has 0 saturated heterocycles. The van der Waals surface area contributed by atoms with E-state index in [1.807, 2.05) is 34.9 Å². The molecular formula is C15H20N4OS. The summed E-state index contributed by atoms with van der Waals surface area (Å²) >= 11 is 1.40. The molecule has 1 aromatic heterocycles. The largest absolute Gasteiger partial charge is 0.353 e. The number of rotatable bonds is 7. The molecule has 21 heavy (non-hydrogen) atoms. The molecule has 0 aliphatic rings. The van der Waals surface area contributed by atoms with Crippen LogP contribution in [0.15, 0.2) is 41.8 Å². The summed E-state index contributed by atoms with van der Waals surface area (Å²) in [6, 6.07) is 10.1. The van der Waals surface area contributed by atoms with Crippen LogP contribution in [0.4, 0.5) is 0 Å². The van der Waals surface area contributed by atoms with E-state index >= 15 is 0 Å². The zero-order chi connectivity index (χ0) is 15.1. The predicted octanol–water partition coefficient (Wildman–Crippen LogP) is 2.66. The molecule has 0 aliphatic carbocycles. The van der Waals surface area contributed by atoms with Crippen molar-refractivity contribution in [2.75, 3.05) is 5.75 Å². The van der Waals surface area contributed by atoms with Crippen LogP contribution in [0.25, 0.3) is 5.69 Å². The fourth-order valence-electron chi connectivity index (χ4n) is 1.98. The quantitative estimate of drug-likeness (QED) is 0.799. The average Bonchev–Trinajstić information content (AvgIpc) is 3.00. The highest BCUT2D eigenvalue weighted by molar-refractivity contribution is 7.99. The third kappa shape index (κ3) is 4.32. The first kappa shape index (κ1) is 15.6. The first-order chi connectivity index (χ1) is 10.2. The van der Waals surface area contributed by atoms with Crippen LogP contribution in [-0.2, 0) is 4.79 Å². The van der Waals surface area contributed by atoms with Crippen LogP contribution in [0.5, 0.6) is 0 Å². The third-order valence-electron chi connectivity index (χ3n) is 3.23. The topological polar surface area (TPSA) is 59.8 Å². The van der Waals surface area contributed by atoms with Crippen LogP contribution in [0.3, 0.4) is 0 Å². The lowest BCUT2D eigenvalue weighted by Crippen LogP contribution is -2.35. The lowest BCUT2D eigenvalue weighted by atomic mass is 10.2. The van der Waals surface area contributed by atoms with Crippen LogP contribution >= 0.6 is 11.8 Å². The van der Waals surface area contributed by atoms with Gasteiger partial charge in [-0.05, 0) is 25.0 Å². The Morgan fingerprint density at radius 3 is 2.67 bits per heavy atom. The number of hydrogen-bond acceptors (Lipinski definition) is 4. The molecule has 0 unspecified atom stereocenters. The second-order valence-electron chi connectivity index (χ2n) is 4.69. The van der Waals surface area contributed by atoms with Gasteiger partial charge in [0.2, 0.25) is 5.91 Å². The number of thioether (sulfide) groups is 1. The van der Waals surface area contributed by atoms with Crippen LogP contribution in [-0.4, -0.2) is 32.5 Å². The number of nitrogens with zero attached hydrogens (tertiary/aromatic N) is 3. The fourth-order valence-corrected chi connectivity index (χ4v) is 2.72. The summed E-state index contributed by atoms with van der Waals surface area (Å²) in [6.45, 7) is 4.15. The van der Waals surface area contributed by atoms with Gasteiger partial charge >= 0.3 is 0 Å². The van der Waals surface area contributed by atoms with Crippen molar-refractivity contribution in [1.29, 1.82) is 0 Å². The Morgan fingerprint density at radius 1 is 1.29 bits per heavy atom. The van der Waals surface area contributed by atoms with Crippen molar-refractivity contribution in [3.8, 4) is 5.69 Å². The summed E-state index contributed by atoms with van der Waals surface area (Å²) in [6.07, 6.45) is 3.57. The van der Waals surface area contributed by atoms with E-state index in [0.29, 0.717) is 5.75 Å². The highest BCUT2D eigenvalue weighted by Gasteiger charge is 2.12. The molecule has 0 aliphatic heterocycles. The van der Waals surface area contributed by atoms with E-state index in [9.17, 15) is 4.79 Å². The van der Waals surface area contributed by atoms with Crippen molar-refractivity contribution >= 4 is 17.7 Å². The zero-order valence-corrected chi connectivity index (χ0v) is 13.1. The second kappa shape index (κ2) is 7.83. The average molecular weight is 304 g/mol. The highest BCUT2D eigenvalue weighted by Crippen LogP contribution is 2.19. The van der Waals surface area contributed by atoms with Crippen LogP contribution in [0, 0.1) is 0 Å². The number of hydrogen-bond donors (Lipinski definition) is 1. The van der Waals surface area contributed by atoms with Crippen molar-refractivity contribution in [2.45, 2.75) is 37.9 Å². The van der Waals surface area contributed by atoms with E-state index in [2.05, 4.69) is 29.4 Å². The molecular weight excluding hydrogens is 284 g/mol. The van der Waals surface area contributed by atoms with Gasteiger partial charge in [0.05, 0.1) is 5.75 Å². The molecule has 1 heterocycles. The number of aromatic nitrogens is 3. The van der Waals surface area contributed by atoms with Crippen LogP contribution in [0.2, 0.25) is 0 Å². The van der Waals surface area contributed by atoms with E-state index in [1.54, 1.807) is 6.33 Å². The molecule has 112 valence electrons. The van der Waals surface area contributed by atoms with Crippen LogP contribution in [0.1, 0.15) is 26.7 Å². The molecule has 6 heteroatoms. The van der Waals surface area contributed by atoms with E-state index < -0.39 is 0 Å². The summed E-state index contributed by atoms with van der Waals surface area (Å²) in [5.74, 6) is 0.387. The third-order valence-corrected chi connectivity index (χ3v) is 4.18. The molecule has 0 atom stereocenters. The molecule has 1 aromatic carbocycles. The van der Waals surface area contributed by atoms with Crippen molar-refractivity contribution in [2.24, 2.45) is 0 Å². The molecule has 0 radical (unpaired) electrons. The number of amides is 1. The molecule has 1 amide bonds. The maximum Gasteiger partial charge on any atom is 0.230 e. The molecule has 0 spiro atoms. The summed E-state index contributed by atoms with van der Waals surface area (Å²) in [4.78, 5) is 11.9. The normalized spacial score (nSPS) is 10.8. The van der Waals surface area contributed by atoms with Gasteiger partial charge in [0.1, 0.15) is 6.33 Å². The first-order valence-corrected chi connectivity index (χ1v) is 8.10. The minimum Gasteiger partial charge on any atom is -0.353 e. The highest BCUT2D eigenvalue weighted by atomic mass is 32.2. The SMILES string of the molecule is CCC(CC)NC(=O)CSc1nncn1-c1ccccc1.